The molecule has 3 aromatic rings. The average Bonchev–Trinajstić information content (AvgIpc) is 3.34. The van der Waals surface area contributed by atoms with Crippen LogP contribution in [0.3, 0.4) is 0 Å². The smallest absolute Gasteiger partial charge is 0.226 e. The molecule has 0 unspecified atom stereocenters. The van der Waals surface area contributed by atoms with E-state index in [1.54, 1.807) is 32.2 Å². The molecule has 1 aliphatic rings. The molecule has 1 atom stereocenters. The molecule has 1 aromatic carbocycles. The van der Waals surface area contributed by atoms with Crippen LogP contribution in [0.4, 0.5) is 0 Å². The summed E-state index contributed by atoms with van der Waals surface area (Å²) >= 11 is 0. The molecule has 29 heavy (non-hydrogen) atoms. The molecule has 0 saturated carbocycles. The monoisotopic (exact) mass is 391 g/mol. The summed E-state index contributed by atoms with van der Waals surface area (Å²) in [4.78, 5) is 21.5. The summed E-state index contributed by atoms with van der Waals surface area (Å²) in [7, 11) is 0. The highest BCUT2D eigenvalue weighted by Crippen LogP contribution is 2.38. The topological polar surface area (TPSA) is 89.1 Å². The van der Waals surface area contributed by atoms with Gasteiger partial charge in [-0.25, -0.2) is 0 Å². The van der Waals surface area contributed by atoms with E-state index < -0.39 is 5.60 Å². The fourth-order valence-electron chi connectivity index (χ4n) is 3.85. The Bertz CT molecular complexity index is 1050. The number of rotatable bonds is 6. The van der Waals surface area contributed by atoms with Crippen molar-refractivity contribution in [3.05, 3.63) is 64.8 Å². The molecular weight excluding hydrogens is 366 g/mol. The van der Waals surface area contributed by atoms with Crippen molar-refractivity contribution in [3.8, 4) is 11.4 Å². The van der Waals surface area contributed by atoms with Crippen LogP contribution in [0.15, 0.2) is 41.1 Å². The largest absolute Gasteiger partial charge is 0.384 e. The molecule has 0 aliphatic heterocycles. The van der Waals surface area contributed by atoms with Crippen LogP contribution >= 0.6 is 0 Å². The average molecular weight is 391 g/mol. The Labute approximate surface area is 170 Å². The Morgan fingerprint density at radius 3 is 2.83 bits per heavy atom. The normalized spacial score (nSPS) is 16.1. The highest BCUT2D eigenvalue weighted by molar-refractivity contribution is 5.96. The van der Waals surface area contributed by atoms with Gasteiger partial charge in [0.25, 0.3) is 0 Å². The van der Waals surface area contributed by atoms with Crippen molar-refractivity contribution in [2.45, 2.75) is 58.0 Å². The predicted octanol–water partition coefficient (Wildman–Crippen LogP) is 4.22. The number of aromatic nitrogens is 3. The van der Waals surface area contributed by atoms with E-state index >= 15 is 0 Å². The summed E-state index contributed by atoms with van der Waals surface area (Å²) in [5.41, 5.74) is 3.45. The highest BCUT2D eigenvalue weighted by Gasteiger charge is 2.27. The first-order chi connectivity index (χ1) is 13.8. The van der Waals surface area contributed by atoms with Gasteiger partial charge in [-0.1, -0.05) is 24.2 Å². The molecule has 4 rings (SSSR count). The summed E-state index contributed by atoms with van der Waals surface area (Å²) in [6, 6.07) is 9.63. The third kappa shape index (κ3) is 3.98. The van der Waals surface area contributed by atoms with Gasteiger partial charge < -0.3 is 9.63 Å². The minimum atomic E-state index is -1.07. The summed E-state index contributed by atoms with van der Waals surface area (Å²) in [5.74, 6) is 1.51. The molecule has 0 bridgehead atoms. The van der Waals surface area contributed by atoms with Crippen LogP contribution in [0.2, 0.25) is 0 Å². The Hall–Kier alpha value is -2.86. The molecule has 6 heteroatoms. The second kappa shape index (κ2) is 7.52. The second-order valence-electron chi connectivity index (χ2n) is 8.13. The van der Waals surface area contributed by atoms with Gasteiger partial charge >= 0.3 is 0 Å². The van der Waals surface area contributed by atoms with Crippen LogP contribution in [-0.4, -0.2) is 26.0 Å². The maximum Gasteiger partial charge on any atom is 0.226 e. The molecule has 1 aliphatic carbocycles. The zero-order valence-corrected chi connectivity index (χ0v) is 17.0. The number of pyridine rings is 1. The van der Waals surface area contributed by atoms with Crippen molar-refractivity contribution in [1.82, 2.24) is 15.1 Å². The third-order valence-corrected chi connectivity index (χ3v) is 5.51. The van der Waals surface area contributed by atoms with Gasteiger partial charge in [-0.2, -0.15) is 4.98 Å². The maximum absolute atomic E-state index is 12.9. The van der Waals surface area contributed by atoms with Crippen LogP contribution < -0.4 is 0 Å². The summed E-state index contributed by atoms with van der Waals surface area (Å²) in [6.45, 7) is 5.32. The molecular formula is C23H25N3O3. The van der Waals surface area contributed by atoms with Gasteiger partial charge in [-0.05, 0) is 61.9 Å². The predicted molar refractivity (Wildman–Crippen MR) is 109 cm³/mol. The van der Waals surface area contributed by atoms with Crippen molar-refractivity contribution in [2.75, 3.05) is 0 Å². The van der Waals surface area contributed by atoms with Crippen LogP contribution in [-0.2, 0) is 18.4 Å². The SMILES string of the molecule is CCc1nc(-c2ccc3c(c2)CC[C@H]3CC(=O)c2ccnc(C(C)(C)O)c2)no1. The number of benzene rings is 1. The highest BCUT2D eigenvalue weighted by atomic mass is 16.5. The van der Waals surface area contributed by atoms with Gasteiger partial charge in [0.15, 0.2) is 5.78 Å². The number of hydrogen-bond acceptors (Lipinski definition) is 6. The first-order valence-corrected chi connectivity index (χ1v) is 10.0. The number of carbonyl (C=O) groups is 1. The fourth-order valence-corrected chi connectivity index (χ4v) is 3.85. The third-order valence-electron chi connectivity index (χ3n) is 5.51. The summed E-state index contributed by atoms with van der Waals surface area (Å²) < 4.78 is 5.22. The van der Waals surface area contributed by atoms with Crippen molar-refractivity contribution in [1.29, 1.82) is 0 Å². The molecule has 0 saturated heterocycles. The maximum atomic E-state index is 12.9. The molecule has 0 fully saturated rings. The summed E-state index contributed by atoms with van der Waals surface area (Å²) in [5, 5.41) is 14.2. The lowest BCUT2D eigenvalue weighted by Crippen LogP contribution is -2.18. The molecule has 1 N–H and O–H groups in total. The van der Waals surface area contributed by atoms with E-state index in [2.05, 4.69) is 27.3 Å². The minimum absolute atomic E-state index is 0.0746. The van der Waals surface area contributed by atoms with E-state index in [9.17, 15) is 9.90 Å². The lowest BCUT2D eigenvalue weighted by Gasteiger charge is -2.17. The van der Waals surface area contributed by atoms with E-state index in [4.69, 9.17) is 4.52 Å². The molecule has 2 aromatic heterocycles. The Kier molecular flexibility index (Phi) is 5.04. The number of ketones is 1. The second-order valence-corrected chi connectivity index (χ2v) is 8.13. The van der Waals surface area contributed by atoms with Crippen molar-refractivity contribution in [3.63, 3.8) is 0 Å². The fraction of sp³-hybridized carbons (Fsp3) is 0.391. The number of nitrogens with zero attached hydrogens (tertiary/aromatic N) is 3. The van der Waals surface area contributed by atoms with Crippen LogP contribution in [0, 0.1) is 0 Å². The van der Waals surface area contributed by atoms with E-state index in [1.807, 2.05) is 13.0 Å². The van der Waals surface area contributed by atoms with Crippen molar-refractivity contribution in [2.24, 2.45) is 0 Å². The molecule has 0 spiro atoms. The van der Waals surface area contributed by atoms with Gasteiger partial charge in [0.2, 0.25) is 11.7 Å². The Balaban J connectivity index is 1.52. The lowest BCUT2D eigenvalue weighted by atomic mass is 9.92. The lowest BCUT2D eigenvalue weighted by molar-refractivity contribution is 0.0737. The molecule has 0 amide bonds. The standard InChI is InChI=1S/C23H25N3O3/c1-4-21-25-22(26-29-21)17-7-8-18-14(11-17)5-6-15(18)12-19(27)16-9-10-24-20(13-16)23(2,3)28/h7-11,13,15,28H,4-6,12H2,1-3H3/t15-/m0/s1. The zero-order valence-electron chi connectivity index (χ0n) is 17.0. The van der Waals surface area contributed by atoms with E-state index in [-0.39, 0.29) is 11.7 Å². The molecule has 0 radical (unpaired) electrons. The molecule has 2 heterocycles. The number of aryl methyl sites for hydroxylation is 2. The first-order valence-electron chi connectivity index (χ1n) is 10.0. The zero-order chi connectivity index (χ0) is 20.6. The van der Waals surface area contributed by atoms with Crippen LogP contribution in [0.1, 0.15) is 72.6 Å². The van der Waals surface area contributed by atoms with Gasteiger partial charge in [-0.15, -0.1) is 0 Å². The summed E-state index contributed by atoms with van der Waals surface area (Å²) in [6.07, 6.45) is 4.63. The van der Waals surface area contributed by atoms with Gasteiger partial charge in [0, 0.05) is 30.2 Å². The number of aliphatic hydroxyl groups is 1. The molecule has 150 valence electrons. The van der Waals surface area contributed by atoms with Gasteiger partial charge in [-0.3, -0.25) is 9.78 Å². The van der Waals surface area contributed by atoms with Crippen molar-refractivity contribution < 1.29 is 14.4 Å². The number of fused-ring (bicyclic) bond motifs is 1. The minimum Gasteiger partial charge on any atom is -0.384 e. The van der Waals surface area contributed by atoms with Crippen LogP contribution in [0.5, 0.6) is 0 Å². The number of hydrogen-bond donors (Lipinski definition) is 1. The Morgan fingerprint density at radius 1 is 1.28 bits per heavy atom. The number of carbonyl (C=O) groups excluding carboxylic acids is 1. The van der Waals surface area contributed by atoms with E-state index in [0.29, 0.717) is 35.8 Å². The Morgan fingerprint density at radius 2 is 2.10 bits per heavy atom. The first kappa shape index (κ1) is 19.5. The molecule has 6 nitrogen and oxygen atoms in total. The van der Waals surface area contributed by atoms with E-state index in [1.165, 1.54) is 11.1 Å². The van der Waals surface area contributed by atoms with Gasteiger partial charge in [0.05, 0.1) is 5.69 Å². The van der Waals surface area contributed by atoms with Crippen LogP contribution in [0.25, 0.3) is 11.4 Å². The van der Waals surface area contributed by atoms with Gasteiger partial charge in [0.1, 0.15) is 5.60 Å². The van der Waals surface area contributed by atoms with E-state index in [0.717, 1.165) is 18.4 Å². The quantitative estimate of drug-likeness (QED) is 0.633. The van der Waals surface area contributed by atoms with Crippen molar-refractivity contribution >= 4 is 5.78 Å². The number of Topliss-reactive ketones (excluding diaryl/α,β-unsaturated/α-hetero) is 1.